The molecule has 0 saturated carbocycles. The summed E-state index contributed by atoms with van der Waals surface area (Å²) in [5, 5.41) is 2.87. The molecule has 2 nitrogen and oxygen atoms in total. The number of nitrogens with zero attached hydrogens (tertiary/aromatic N) is 2. The molecule has 1 aliphatic rings. The van der Waals surface area contributed by atoms with E-state index in [4.69, 9.17) is 0 Å². The Kier molecular flexibility index (Phi) is 49.3. The first kappa shape index (κ1) is 71.1. The first-order valence-electron chi connectivity index (χ1n) is 34.6. The first-order chi connectivity index (χ1) is 38.1. The van der Waals surface area contributed by atoms with Gasteiger partial charge in [0, 0.05) is 22.3 Å². The van der Waals surface area contributed by atoms with Gasteiger partial charge in [-0.2, -0.15) is 0 Å². The van der Waals surface area contributed by atoms with E-state index >= 15 is 0 Å². The molecule has 3 heteroatoms. The van der Waals surface area contributed by atoms with Crippen molar-refractivity contribution in [3.05, 3.63) is 87.5 Å². The Morgan fingerprint density at radius 1 is 0.286 bits per heavy atom. The molecule has 3 rings (SSSR count). The molecule has 2 aromatic carbocycles. The van der Waals surface area contributed by atoms with Crippen LogP contribution in [0.4, 0.5) is 0 Å². The van der Waals surface area contributed by atoms with Crippen LogP contribution < -0.4 is 0 Å². The van der Waals surface area contributed by atoms with E-state index < -0.39 is 0 Å². The number of hydrogen-bond acceptors (Lipinski definition) is 0. The maximum absolute atomic E-state index is 11.9. The average Bonchev–Trinajstić information content (AvgIpc) is 3.73. The summed E-state index contributed by atoms with van der Waals surface area (Å²) in [6.45, 7) is 13.7. The van der Waals surface area contributed by atoms with Crippen LogP contribution in [0.3, 0.4) is 0 Å². The van der Waals surface area contributed by atoms with Crippen molar-refractivity contribution >= 4 is 11.4 Å². The Bertz CT molecular complexity index is 1650. The summed E-state index contributed by atoms with van der Waals surface area (Å²) < 4.78 is 1.56. The summed E-state index contributed by atoms with van der Waals surface area (Å²) in [7, 11) is 0. The fourth-order valence-electron chi connectivity index (χ4n) is 11.6. The Balaban J connectivity index is 0.000000529. The predicted octanol–water partition coefficient (Wildman–Crippen LogP) is 26.7. The molecular weight excluding hydrogens is 976 g/mol. The molecular formula is C74H130N2Ni. The molecule has 1 aliphatic heterocycles. The standard InChI is InChI=1S/C38H56N2.2C18H37.Ni/c1-5-9-13-15-16-18-25-36-35(24-12-8-4)38(34-23-19-22-32(30-34)21-17-14-10-6-2)40(39)37(36)33-28-26-31(27-29-33)20-11-7-3;2*1-3-5-7-9-11-13-15-17-18-16-14-12-10-8-6-4-2;/h19,22-23,26-30H,5-18,20-21,24-25H2,1-4H3;2*1,3-18H2,2H3;. The molecule has 0 fully saturated rings. The van der Waals surface area contributed by atoms with Crippen molar-refractivity contribution in [2.24, 2.45) is 0 Å². The predicted molar refractivity (Wildman–Crippen MR) is 343 cm³/mol. The smallest absolute Gasteiger partial charge is 0.0654 e. The second-order valence-electron chi connectivity index (χ2n) is 24.0. The van der Waals surface area contributed by atoms with Gasteiger partial charge in [-0.3, -0.25) is 0 Å². The third-order valence-corrected chi connectivity index (χ3v) is 18.0. The van der Waals surface area contributed by atoms with Crippen LogP contribution in [0.5, 0.6) is 0 Å². The van der Waals surface area contributed by atoms with Gasteiger partial charge in [0.1, 0.15) is 0 Å². The van der Waals surface area contributed by atoms with Crippen molar-refractivity contribution < 1.29 is 19.1 Å². The molecule has 2 aromatic rings. The van der Waals surface area contributed by atoms with Gasteiger partial charge in [0.25, 0.3) is 0 Å². The number of rotatable bonds is 54. The average molecular weight is 1110 g/mol. The monoisotopic (exact) mass is 1100 g/mol. The minimum Gasteiger partial charge on any atom is -0.0654 e. The van der Waals surface area contributed by atoms with Crippen molar-refractivity contribution in [3.8, 4) is 0 Å². The van der Waals surface area contributed by atoms with Crippen LogP contribution in [0.25, 0.3) is 16.9 Å². The Morgan fingerprint density at radius 3 is 0.987 bits per heavy atom. The molecule has 0 radical (unpaired) electrons. The van der Waals surface area contributed by atoms with Gasteiger partial charge in [0.05, 0.1) is 0 Å². The molecule has 0 aliphatic carbocycles. The number of allylic oxidation sites excluding steroid dienone is 2. The van der Waals surface area contributed by atoms with Crippen molar-refractivity contribution in [2.75, 3.05) is 0 Å². The molecule has 0 amide bonds. The van der Waals surface area contributed by atoms with Crippen molar-refractivity contribution in [2.45, 2.75) is 373 Å². The van der Waals surface area contributed by atoms with Gasteiger partial charge in [-0.1, -0.05) is 194 Å². The van der Waals surface area contributed by atoms with Gasteiger partial charge in [0.15, 0.2) is 0 Å². The Morgan fingerprint density at radius 2 is 0.584 bits per heavy atom. The van der Waals surface area contributed by atoms with E-state index in [1.54, 1.807) is 4.70 Å². The van der Waals surface area contributed by atoms with E-state index in [0.29, 0.717) is 0 Å². The van der Waals surface area contributed by atoms with Crippen molar-refractivity contribution in [1.29, 1.82) is 0 Å². The molecule has 0 aromatic heterocycles. The van der Waals surface area contributed by atoms with Crippen LogP contribution >= 0.6 is 0 Å². The van der Waals surface area contributed by atoms with E-state index in [1.807, 2.05) is 14.4 Å². The molecule has 0 bridgehead atoms. The van der Waals surface area contributed by atoms with Crippen molar-refractivity contribution in [1.82, 2.24) is 0 Å². The van der Waals surface area contributed by atoms with Crippen LogP contribution in [-0.4, -0.2) is 4.70 Å². The maximum atomic E-state index is 11.9. The molecule has 0 N–H and O–H groups in total. The molecule has 77 heavy (non-hydrogen) atoms. The van der Waals surface area contributed by atoms with Gasteiger partial charge >= 0.3 is 166 Å². The van der Waals surface area contributed by atoms with Crippen LogP contribution in [0.2, 0.25) is 10.8 Å². The van der Waals surface area contributed by atoms with E-state index in [1.165, 1.54) is 316 Å². The second kappa shape index (κ2) is 53.3. The van der Waals surface area contributed by atoms with E-state index in [2.05, 4.69) is 90.1 Å². The minimum absolute atomic E-state index is 1.02. The van der Waals surface area contributed by atoms with E-state index in [-0.39, 0.29) is 0 Å². The fourth-order valence-corrected chi connectivity index (χ4v) is 12.8. The number of aryl methyl sites for hydroxylation is 2. The fraction of sp³-hybridized carbons (Fsp3) is 0.784. The molecule has 0 spiro atoms. The third-order valence-electron chi connectivity index (χ3n) is 16.6. The summed E-state index contributed by atoms with van der Waals surface area (Å²) in [5.41, 5.74) is 21.8. The number of benzene rings is 2. The molecule has 0 unspecified atom stereocenters. The number of unbranched alkanes of at least 4 members (excludes halogenated alkanes) is 40. The topological polar surface area (TPSA) is 25.3 Å². The van der Waals surface area contributed by atoms with Gasteiger partial charge < -0.3 is 5.53 Å². The SMILES string of the molecule is CCCCCCCCC1=C(c2ccc(CCCC)cc2)[N+](=[N-])C(c2cccc(CCCCCC)c2)=C1CCCC.CCCCCCCCCCCCCCCCC[CH2][Ni][CH2]CCCCCCCCCCCCCCCCC. The normalized spacial score (nSPS) is 12.7. The van der Waals surface area contributed by atoms with Crippen LogP contribution in [-0.2, 0) is 27.3 Å². The van der Waals surface area contributed by atoms with Crippen LogP contribution in [0.15, 0.2) is 59.7 Å². The van der Waals surface area contributed by atoms with Gasteiger partial charge in [-0.05, 0) is 86.8 Å². The quantitative estimate of drug-likeness (QED) is 0.0358. The zero-order chi connectivity index (χ0) is 55.3. The van der Waals surface area contributed by atoms with Gasteiger partial charge in [0.2, 0.25) is 11.4 Å². The molecule has 1 heterocycles. The summed E-state index contributed by atoms with van der Waals surface area (Å²) in [5.74, 6) is 0. The summed E-state index contributed by atoms with van der Waals surface area (Å²) in [6, 6.07) is 18.0. The van der Waals surface area contributed by atoms with E-state index in [0.717, 1.165) is 61.0 Å². The zero-order valence-corrected chi connectivity index (χ0v) is 53.6. The number of hydrogen-bond donors (Lipinski definition) is 0. The van der Waals surface area contributed by atoms with Crippen LogP contribution in [0.1, 0.15) is 372 Å². The minimum atomic E-state index is 1.02. The molecule has 0 atom stereocenters. The van der Waals surface area contributed by atoms with E-state index in [9.17, 15) is 5.53 Å². The second-order valence-corrected chi connectivity index (χ2v) is 25.5. The first-order valence-corrected chi connectivity index (χ1v) is 36.0. The third kappa shape index (κ3) is 36.9. The van der Waals surface area contributed by atoms with Crippen LogP contribution in [0, 0.1) is 0 Å². The summed E-state index contributed by atoms with van der Waals surface area (Å²) in [6.07, 6.45) is 69.1. The summed E-state index contributed by atoms with van der Waals surface area (Å²) in [4.78, 5) is 0. The Hall–Kier alpha value is -1.99. The van der Waals surface area contributed by atoms with Gasteiger partial charge in [-0.25, -0.2) is 4.70 Å². The molecule has 0 saturated heterocycles. The summed E-state index contributed by atoms with van der Waals surface area (Å²) >= 11 is 2.04. The van der Waals surface area contributed by atoms with Gasteiger partial charge in [-0.15, -0.1) is 0 Å². The Labute approximate surface area is 488 Å². The van der Waals surface area contributed by atoms with Crippen molar-refractivity contribution in [3.63, 3.8) is 0 Å². The molecule has 446 valence electrons. The zero-order valence-electron chi connectivity index (χ0n) is 52.6.